The summed E-state index contributed by atoms with van der Waals surface area (Å²) < 4.78 is 218. The van der Waals surface area contributed by atoms with Crippen LogP contribution in [0.25, 0.3) is 100 Å². The van der Waals surface area contributed by atoms with Crippen molar-refractivity contribution in [3.8, 4) is 56.7 Å². The summed E-state index contributed by atoms with van der Waals surface area (Å²) in [4.78, 5) is 13.6. The van der Waals surface area contributed by atoms with E-state index < -0.39 is 196 Å². The number of rotatable bonds is 6. The Kier molecular flexibility index (Phi) is 3.73. The van der Waals surface area contributed by atoms with Gasteiger partial charge in [0.25, 0.3) is 0 Å². The molecule has 0 amide bonds. The fourth-order valence-electron chi connectivity index (χ4n) is 6.74. The lowest BCUT2D eigenvalue weighted by Crippen LogP contribution is -2.06. The topological polar surface area (TPSA) is 48.5 Å². The van der Waals surface area contributed by atoms with Crippen LogP contribution in [0.2, 0.25) is 0 Å². The van der Waals surface area contributed by atoms with Gasteiger partial charge in [0, 0.05) is 38.4 Å². The second-order valence-electron chi connectivity index (χ2n) is 12.3. The Balaban J connectivity index is 1.39. The summed E-state index contributed by atoms with van der Waals surface area (Å²) in [6, 6.07) is -4.11. The highest BCUT2D eigenvalue weighted by Gasteiger charge is 2.23. The molecule has 0 saturated carbocycles. The summed E-state index contributed by atoms with van der Waals surface area (Å²) in [5.74, 6) is -2.51. The van der Waals surface area contributed by atoms with Gasteiger partial charge in [-0.1, -0.05) is 163 Å². The van der Waals surface area contributed by atoms with E-state index in [2.05, 4.69) is 15.0 Å². The van der Waals surface area contributed by atoms with Gasteiger partial charge in [-0.15, -0.1) is 0 Å². The molecule has 0 N–H and O–H groups in total. The van der Waals surface area contributed by atoms with Crippen LogP contribution in [0.15, 0.2) is 200 Å². The maximum Gasteiger partial charge on any atom is 0.238 e. The first-order valence-electron chi connectivity index (χ1n) is 28.9. The van der Waals surface area contributed by atoms with Gasteiger partial charge in [0.15, 0.2) is 11.6 Å². The summed E-state index contributed by atoms with van der Waals surface area (Å²) in [6.07, 6.45) is 0. The summed E-state index contributed by atoms with van der Waals surface area (Å²) in [7, 11) is 0. The predicted octanol–water partition coefficient (Wildman–Crippen LogP) is 12.7. The molecule has 0 unspecified atom stereocenters. The number of hydrogen-bond acceptors (Lipinski definition) is 3. The number of aromatic nitrogens is 5. The second kappa shape index (κ2) is 13.0. The van der Waals surface area contributed by atoms with Crippen molar-refractivity contribution in [3.05, 3.63) is 200 Å². The van der Waals surface area contributed by atoms with Crippen molar-refractivity contribution in [1.29, 1.82) is 0 Å². The van der Waals surface area contributed by atoms with Crippen LogP contribution in [0.1, 0.15) is 32.9 Å². The number of hydrogen-bond donors (Lipinski definition) is 0. The maximum absolute atomic E-state index is 9.90. The minimum Gasteiger partial charge on any atom is -0.309 e. The molecule has 11 rings (SSSR count). The first-order valence-corrected chi connectivity index (χ1v) is 16.9. The molecule has 8 aromatic carbocycles. The average molecular weight is 740 g/mol. The molecule has 0 saturated heterocycles. The first-order chi connectivity index (χ1) is 37.8. The van der Waals surface area contributed by atoms with Gasteiger partial charge >= 0.3 is 0 Å². The molecule has 0 spiro atoms. The van der Waals surface area contributed by atoms with Gasteiger partial charge in [-0.25, -0.2) is 4.98 Å². The monoisotopic (exact) mass is 739 g/mol. The fourth-order valence-corrected chi connectivity index (χ4v) is 6.74. The molecule has 5 heteroatoms. The molecular weight excluding hydrogens is 683 g/mol. The Hall–Kier alpha value is -7.63. The van der Waals surface area contributed by atoms with Crippen molar-refractivity contribution in [2.45, 2.75) is 0 Å². The normalized spacial score (nSPS) is 17.6. The molecule has 0 atom stereocenters. The Labute approximate surface area is 357 Å². The average Bonchev–Trinajstić information content (AvgIpc) is 4.17. The highest BCUT2D eigenvalue weighted by molar-refractivity contribution is 6.26. The van der Waals surface area contributed by atoms with Gasteiger partial charge in [-0.3, -0.25) is 4.57 Å². The van der Waals surface area contributed by atoms with Crippen molar-refractivity contribution < 1.29 is 32.9 Å². The van der Waals surface area contributed by atoms with Crippen LogP contribution in [-0.2, 0) is 0 Å². The molecule has 56 heavy (non-hydrogen) atoms. The number of benzene rings is 8. The van der Waals surface area contributed by atoms with Gasteiger partial charge in [0.05, 0.1) is 55.0 Å². The highest BCUT2D eigenvalue weighted by Crippen LogP contribution is 2.42. The standard InChI is InChI=1S/C51H33N5/c1-4-16-34(17-5-1)37-22-14-24-39(32-37)50-52-49(36-20-8-3-9-21-36)53-51(54-50)56-45-29-13-11-27-43(45)47-46(56)31-30-42-41-26-10-12-28-44(41)55(48(42)47)40-25-15-23-38(33-40)35-18-6-2-7-19-35/h1-33H/i1D,3D,4D,5D,8D,9D,10D,11D,12D,13D,14D,16D,17D,20D,21D,22D,24D,26D,27D,28D,29D,30D,31D,32D. The van der Waals surface area contributed by atoms with Crippen molar-refractivity contribution in [3.63, 3.8) is 0 Å². The summed E-state index contributed by atoms with van der Waals surface area (Å²) in [6.45, 7) is 0. The van der Waals surface area contributed by atoms with Gasteiger partial charge in [-0.05, 0) is 58.6 Å². The zero-order chi connectivity index (χ0) is 57.9. The maximum atomic E-state index is 9.90. The number of para-hydroxylation sites is 2. The Morgan fingerprint density at radius 3 is 1.80 bits per heavy atom. The minimum absolute atomic E-state index is 0.155. The molecule has 262 valence electrons. The van der Waals surface area contributed by atoms with E-state index in [0.717, 1.165) is 10.1 Å². The van der Waals surface area contributed by atoms with Gasteiger partial charge in [0.1, 0.15) is 0 Å². The minimum atomic E-state index is -0.983. The predicted molar refractivity (Wildman–Crippen MR) is 230 cm³/mol. The van der Waals surface area contributed by atoms with Crippen LogP contribution in [0, 0.1) is 0 Å². The largest absolute Gasteiger partial charge is 0.309 e. The van der Waals surface area contributed by atoms with Crippen LogP contribution in [0.5, 0.6) is 0 Å². The van der Waals surface area contributed by atoms with Gasteiger partial charge in [0.2, 0.25) is 5.95 Å². The first kappa shape index (κ1) is 16.0. The summed E-state index contributed by atoms with van der Waals surface area (Å²) >= 11 is 0. The molecule has 0 aliphatic heterocycles. The third-order valence-electron chi connectivity index (χ3n) is 9.10. The molecule has 3 heterocycles. The summed E-state index contributed by atoms with van der Waals surface area (Å²) in [5, 5.41) is -1.11. The molecule has 0 radical (unpaired) electrons. The zero-order valence-electron chi connectivity index (χ0n) is 52.4. The number of nitrogens with zero attached hydrogens (tertiary/aromatic N) is 5. The molecule has 0 aliphatic rings. The molecule has 3 aromatic heterocycles. The summed E-state index contributed by atoms with van der Waals surface area (Å²) in [5.41, 5.74) is -2.79. The zero-order valence-corrected chi connectivity index (χ0v) is 28.4. The molecule has 0 aliphatic carbocycles. The molecule has 11 aromatic rings. The van der Waals surface area contributed by atoms with E-state index in [1.807, 2.05) is 12.1 Å². The molecule has 0 fully saturated rings. The van der Waals surface area contributed by atoms with Crippen LogP contribution in [0.4, 0.5) is 0 Å². The van der Waals surface area contributed by atoms with Crippen molar-refractivity contribution in [1.82, 2.24) is 24.1 Å². The van der Waals surface area contributed by atoms with E-state index in [9.17, 15) is 11.0 Å². The Morgan fingerprint density at radius 2 is 1.02 bits per heavy atom. The van der Waals surface area contributed by atoms with E-state index in [-0.39, 0.29) is 38.3 Å². The molecule has 0 bridgehead atoms. The third kappa shape index (κ3) is 5.21. The number of fused-ring (bicyclic) bond motifs is 7. The van der Waals surface area contributed by atoms with Crippen molar-refractivity contribution in [2.24, 2.45) is 0 Å². The van der Waals surface area contributed by atoms with Gasteiger partial charge in [-0.2, -0.15) is 9.97 Å². The molecule has 5 nitrogen and oxygen atoms in total. The lowest BCUT2D eigenvalue weighted by molar-refractivity contribution is 0.953. The Morgan fingerprint density at radius 1 is 0.393 bits per heavy atom. The Bertz CT molecular complexity index is 4590. The lowest BCUT2D eigenvalue weighted by Gasteiger charge is -2.12. The van der Waals surface area contributed by atoms with Crippen molar-refractivity contribution in [2.75, 3.05) is 0 Å². The van der Waals surface area contributed by atoms with E-state index in [1.54, 1.807) is 42.5 Å². The second-order valence-corrected chi connectivity index (χ2v) is 12.3. The SMILES string of the molecule is [2H]c1c([2H])c([2H])c(-c2nc(-c3c([2H])c([2H])c([2H])c(-c4c([2H])c([2H])c([2H])c([2H])c4[2H])c3[2H])nc(-n3c4c([2H])c([2H])c([2H])c([2H])c4c4c3c([2H])c([2H])c3c5c([2H])c([2H])c([2H])c([2H])c5n(-c5cccc(-c6ccccc6)c5)c34)n2)c([2H])c1[2H]. The van der Waals surface area contributed by atoms with Crippen LogP contribution in [0.3, 0.4) is 0 Å². The van der Waals surface area contributed by atoms with E-state index in [0.29, 0.717) is 5.56 Å². The fraction of sp³-hybridized carbons (Fsp3) is 0. The highest BCUT2D eigenvalue weighted by atomic mass is 15.2. The van der Waals surface area contributed by atoms with Gasteiger partial charge < -0.3 is 4.57 Å². The van der Waals surface area contributed by atoms with E-state index in [4.69, 9.17) is 21.9 Å². The van der Waals surface area contributed by atoms with E-state index >= 15 is 0 Å². The quantitative estimate of drug-likeness (QED) is 0.171. The third-order valence-corrected chi connectivity index (χ3v) is 9.10. The van der Waals surface area contributed by atoms with E-state index in [1.165, 1.54) is 4.57 Å². The van der Waals surface area contributed by atoms with Crippen LogP contribution >= 0.6 is 0 Å². The molecular formula is C51H33N5. The van der Waals surface area contributed by atoms with Crippen LogP contribution in [-0.4, -0.2) is 24.1 Å². The van der Waals surface area contributed by atoms with Crippen molar-refractivity contribution >= 4 is 43.6 Å². The van der Waals surface area contributed by atoms with Crippen LogP contribution < -0.4 is 0 Å². The lowest BCUT2D eigenvalue weighted by atomic mass is 10.0. The smallest absolute Gasteiger partial charge is 0.238 e.